The number of rotatable bonds is 0. The molecule has 0 amide bonds. The highest BCUT2D eigenvalue weighted by atomic mass is 35.5. The first-order valence-electron chi connectivity index (χ1n) is 3.16. The lowest BCUT2D eigenvalue weighted by molar-refractivity contribution is 1.00. The molecule has 0 atom stereocenters. The number of aromatic nitrogens is 2. The van der Waals surface area contributed by atoms with E-state index in [-0.39, 0.29) is 0 Å². The van der Waals surface area contributed by atoms with E-state index in [0.717, 1.165) is 17.5 Å². The maximum Gasteiger partial charge on any atom is 0.159 e. The number of allylic oxidation sites excluding steroid dienone is 1. The Kier molecular flexibility index (Phi) is 1.59. The second kappa shape index (κ2) is 2.47. The molecule has 0 fully saturated rings. The summed E-state index contributed by atoms with van der Waals surface area (Å²) in [6.45, 7) is 0. The molecule has 2 rings (SSSR count). The minimum absolute atomic E-state index is 0.429. The first-order valence-corrected chi connectivity index (χ1v) is 3.91. The fraction of sp³-hybridized carbons (Fsp3) is 0.143. The second-order valence-corrected chi connectivity index (χ2v) is 3.00. The Morgan fingerprint density at radius 3 is 2.64 bits per heavy atom. The molecule has 0 aromatic carbocycles. The smallest absolute Gasteiger partial charge is 0.137 e. The number of hydrogen-bond acceptors (Lipinski definition) is 2. The second-order valence-electron chi connectivity index (χ2n) is 2.28. The SMILES string of the molecule is Clc1nnc(Cl)c2c1C=CC2. The standard InChI is InChI=1S/C7H4Cl2N2/c8-6-4-2-1-3-5(4)7(9)11-10-6/h1-2H,3H2. The lowest BCUT2D eigenvalue weighted by Crippen LogP contribution is -1.92. The van der Waals surface area contributed by atoms with E-state index in [2.05, 4.69) is 10.2 Å². The number of halogens is 2. The fourth-order valence-electron chi connectivity index (χ4n) is 1.10. The molecular weight excluding hydrogens is 183 g/mol. The van der Waals surface area contributed by atoms with Crippen molar-refractivity contribution in [2.45, 2.75) is 6.42 Å². The van der Waals surface area contributed by atoms with Gasteiger partial charge in [0.05, 0.1) is 0 Å². The summed E-state index contributed by atoms with van der Waals surface area (Å²) in [5, 5.41) is 8.26. The largest absolute Gasteiger partial charge is 0.159 e. The number of fused-ring (bicyclic) bond motifs is 1. The molecule has 4 heteroatoms. The minimum Gasteiger partial charge on any atom is -0.137 e. The topological polar surface area (TPSA) is 25.8 Å². The van der Waals surface area contributed by atoms with Gasteiger partial charge < -0.3 is 0 Å². The van der Waals surface area contributed by atoms with Crippen LogP contribution in [0.4, 0.5) is 0 Å². The van der Waals surface area contributed by atoms with E-state index in [0.29, 0.717) is 10.3 Å². The summed E-state index contributed by atoms with van der Waals surface area (Å²) in [6.07, 6.45) is 4.72. The van der Waals surface area contributed by atoms with Crippen LogP contribution in [0, 0.1) is 0 Å². The highest BCUT2D eigenvalue weighted by molar-refractivity contribution is 6.33. The van der Waals surface area contributed by atoms with Gasteiger partial charge in [0.15, 0.2) is 10.3 Å². The van der Waals surface area contributed by atoms with Crippen LogP contribution in [-0.4, -0.2) is 10.2 Å². The molecule has 1 heterocycles. The van der Waals surface area contributed by atoms with Crippen LogP contribution < -0.4 is 0 Å². The lowest BCUT2D eigenvalue weighted by Gasteiger charge is -1.99. The fourth-order valence-corrected chi connectivity index (χ4v) is 1.53. The van der Waals surface area contributed by atoms with Gasteiger partial charge in [-0.15, -0.1) is 10.2 Å². The van der Waals surface area contributed by atoms with Crippen molar-refractivity contribution < 1.29 is 0 Å². The van der Waals surface area contributed by atoms with Gasteiger partial charge in [0.1, 0.15) is 0 Å². The molecule has 0 bridgehead atoms. The highest BCUT2D eigenvalue weighted by Gasteiger charge is 2.14. The molecule has 1 aromatic rings. The van der Waals surface area contributed by atoms with Crippen LogP contribution in [0.25, 0.3) is 6.08 Å². The highest BCUT2D eigenvalue weighted by Crippen LogP contribution is 2.28. The summed E-state index contributed by atoms with van der Waals surface area (Å²) in [7, 11) is 0. The molecular formula is C7H4Cl2N2. The van der Waals surface area contributed by atoms with Crippen molar-refractivity contribution in [3.8, 4) is 0 Å². The number of hydrogen-bond donors (Lipinski definition) is 0. The maximum atomic E-state index is 5.77. The average Bonchev–Trinajstić information content (AvgIpc) is 2.45. The van der Waals surface area contributed by atoms with Crippen molar-refractivity contribution >= 4 is 29.3 Å². The normalized spacial score (nSPS) is 13.6. The van der Waals surface area contributed by atoms with Gasteiger partial charge in [-0.3, -0.25) is 0 Å². The molecule has 1 aliphatic carbocycles. The van der Waals surface area contributed by atoms with Crippen LogP contribution in [0.3, 0.4) is 0 Å². The van der Waals surface area contributed by atoms with Gasteiger partial charge in [-0.25, -0.2) is 0 Å². The van der Waals surface area contributed by atoms with E-state index in [1.165, 1.54) is 0 Å². The van der Waals surface area contributed by atoms with E-state index in [9.17, 15) is 0 Å². The third kappa shape index (κ3) is 1.03. The van der Waals surface area contributed by atoms with Crippen molar-refractivity contribution in [2.24, 2.45) is 0 Å². The van der Waals surface area contributed by atoms with Crippen molar-refractivity contribution in [1.29, 1.82) is 0 Å². The van der Waals surface area contributed by atoms with Crippen molar-refractivity contribution in [2.75, 3.05) is 0 Å². The summed E-state index contributed by atoms with van der Waals surface area (Å²) < 4.78 is 0. The molecule has 0 saturated heterocycles. The quantitative estimate of drug-likeness (QED) is 0.622. The minimum atomic E-state index is 0.429. The van der Waals surface area contributed by atoms with Crippen LogP contribution in [0.1, 0.15) is 11.1 Å². The lowest BCUT2D eigenvalue weighted by atomic mass is 10.2. The van der Waals surface area contributed by atoms with Crippen LogP contribution in [0.15, 0.2) is 6.08 Å². The summed E-state index contributed by atoms with van der Waals surface area (Å²) in [6, 6.07) is 0. The molecule has 0 spiro atoms. The molecule has 0 radical (unpaired) electrons. The monoisotopic (exact) mass is 186 g/mol. The molecule has 56 valence electrons. The zero-order valence-electron chi connectivity index (χ0n) is 5.51. The summed E-state index contributed by atoms with van der Waals surface area (Å²) in [5.41, 5.74) is 1.89. The third-order valence-corrected chi connectivity index (χ3v) is 2.21. The van der Waals surface area contributed by atoms with Crippen LogP contribution >= 0.6 is 23.2 Å². The summed E-state index contributed by atoms with van der Waals surface area (Å²) in [4.78, 5) is 0. The predicted molar refractivity (Wildman–Crippen MR) is 44.8 cm³/mol. The number of nitrogens with zero attached hydrogens (tertiary/aromatic N) is 2. The molecule has 1 aliphatic rings. The Morgan fingerprint density at radius 1 is 1.18 bits per heavy atom. The summed E-state index contributed by atoms with van der Waals surface area (Å²) in [5.74, 6) is 0. The van der Waals surface area contributed by atoms with Crippen LogP contribution in [0.2, 0.25) is 10.3 Å². The molecule has 1 aromatic heterocycles. The molecule has 0 N–H and O–H groups in total. The van der Waals surface area contributed by atoms with Gasteiger partial charge in [0.2, 0.25) is 0 Å². The summed E-state index contributed by atoms with van der Waals surface area (Å²) >= 11 is 11.5. The zero-order chi connectivity index (χ0) is 7.84. The van der Waals surface area contributed by atoms with E-state index in [1.54, 1.807) is 0 Å². The Balaban J connectivity index is 2.71. The van der Waals surface area contributed by atoms with Crippen molar-refractivity contribution in [1.82, 2.24) is 10.2 Å². The van der Waals surface area contributed by atoms with Gasteiger partial charge in [-0.2, -0.15) is 0 Å². The van der Waals surface area contributed by atoms with Gasteiger partial charge in [0.25, 0.3) is 0 Å². The van der Waals surface area contributed by atoms with Gasteiger partial charge in [-0.05, 0) is 6.42 Å². The van der Waals surface area contributed by atoms with E-state index in [4.69, 9.17) is 23.2 Å². The van der Waals surface area contributed by atoms with Gasteiger partial charge in [0, 0.05) is 11.1 Å². The molecule has 11 heavy (non-hydrogen) atoms. The van der Waals surface area contributed by atoms with Gasteiger partial charge >= 0.3 is 0 Å². The maximum absolute atomic E-state index is 5.77. The average molecular weight is 187 g/mol. The van der Waals surface area contributed by atoms with Crippen LogP contribution in [0.5, 0.6) is 0 Å². The third-order valence-electron chi connectivity index (χ3n) is 1.63. The van der Waals surface area contributed by atoms with E-state index >= 15 is 0 Å². The molecule has 0 unspecified atom stereocenters. The molecule has 2 nitrogen and oxygen atoms in total. The Hall–Kier alpha value is -0.600. The zero-order valence-corrected chi connectivity index (χ0v) is 7.02. The van der Waals surface area contributed by atoms with E-state index in [1.807, 2.05) is 12.2 Å². The first-order chi connectivity index (χ1) is 5.29. The van der Waals surface area contributed by atoms with Crippen molar-refractivity contribution in [3.05, 3.63) is 27.5 Å². The Bertz CT molecular complexity index is 333. The van der Waals surface area contributed by atoms with Gasteiger partial charge in [-0.1, -0.05) is 35.4 Å². The Labute approximate surface area is 73.8 Å². The van der Waals surface area contributed by atoms with Crippen molar-refractivity contribution in [3.63, 3.8) is 0 Å². The first kappa shape index (κ1) is 7.07. The molecule has 0 saturated carbocycles. The predicted octanol–water partition coefficient (Wildman–Crippen LogP) is 2.35. The molecule has 0 aliphatic heterocycles. The Morgan fingerprint density at radius 2 is 1.91 bits per heavy atom. The van der Waals surface area contributed by atoms with E-state index < -0.39 is 0 Å². The van der Waals surface area contributed by atoms with Crippen LogP contribution in [-0.2, 0) is 6.42 Å².